The van der Waals surface area contributed by atoms with Crippen LogP contribution in [0.1, 0.15) is 81.8 Å². The van der Waals surface area contributed by atoms with Crippen molar-refractivity contribution in [1.82, 2.24) is 4.98 Å². The number of anilines is 1. The van der Waals surface area contributed by atoms with Crippen molar-refractivity contribution in [2.24, 2.45) is 0 Å². The number of aliphatic hydroxyl groups excluding tert-OH is 1. The molecule has 0 aliphatic heterocycles. The first-order chi connectivity index (χ1) is 19.4. The van der Waals surface area contributed by atoms with Crippen LogP contribution >= 0.6 is 24.2 Å². The summed E-state index contributed by atoms with van der Waals surface area (Å²) >= 11 is 10.6. The Bertz CT molecular complexity index is 1440. The summed E-state index contributed by atoms with van der Waals surface area (Å²) in [6.45, 7) is 2.74. The van der Waals surface area contributed by atoms with Gasteiger partial charge in [0.05, 0.1) is 11.9 Å². The zero-order valence-corrected chi connectivity index (χ0v) is 24.1. The summed E-state index contributed by atoms with van der Waals surface area (Å²) in [5, 5.41) is 14.8. The Kier molecular flexibility index (Phi) is 10.5. The number of unbranched alkanes of at least 4 members (excludes halogenated alkanes) is 3. The summed E-state index contributed by atoms with van der Waals surface area (Å²) in [4.78, 5) is 31.7. The Morgan fingerprint density at radius 3 is 2.33 bits per heavy atom. The predicted molar refractivity (Wildman–Crippen MR) is 164 cm³/mol. The lowest BCUT2D eigenvalue weighted by atomic mass is 9.93. The fraction of sp³-hybridized carbons (Fsp3) is 0.242. The van der Waals surface area contributed by atoms with E-state index in [4.69, 9.17) is 11.6 Å². The number of aromatic nitrogens is 1. The van der Waals surface area contributed by atoms with Gasteiger partial charge in [0.2, 0.25) is 5.78 Å². The highest BCUT2D eigenvalue weighted by Crippen LogP contribution is 2.29. The Hall–Kier alpha value is -3.45. The number of Topliss-reactive ketones (excluding diaryl/α,β-unsaturated/α-hetero) is 1. The molecule has 5 nitrogen and oxygen atoms in total. The first kappa shape index (κ1) is 29.5. The molecule has 0 aliphatic rings. The van der Waals surface area contributed by atoms with Gasteiger partial charge in [-0.3, -0.25) is 14.6 Å². The highest BCUT2D eigenvalue weighted by atomic mass is 35.5. The maximum atomic E-state index is 13.6. The van der Waals surface area contributed by atoms with Crippen molar-refractivity contribution in [1.29, 1.82) is 0 Å². The van der Waals surface area contributed by atoms with Gasteiger partial charge >= 0.3 is 0 Å². The Labute approximate surface area is 246 Å². The van der Waals surface area contributed by atoms with Crippen LogP contribution in [0.4, 0.5) is 5.69 Å². The van der Waals surface area contributed by atoms with Crippen LogP contribution in [0.5, 0.6) is 0 Å². The SMILES string of the molecule is CCCCCCc1cc(C(=O)c2ccc(NCc3ccc(Cl)cc3)cn2)c(S)c(C(=O)C(O)c2ccccc2)c1. The molecule has 0 spiro atoms. The summed E-state index contributed by atoms with van der Waals surface area (Å²) in [5.41, 5.74) is 3.97. The number of carbonyl (C=O) groups is 2. The number of pyridine rings is 1. The maximum absolute atomic E-state index is 13.6. The van der Waals surface area contributed by atoms with Gasteiger partial charge in [0.1, 0.15) is 11.8 Å². The lowest BCUT2D eigenvalue weighted by molar-refractivity contribution is 0.0744. The van der Waals surface area contributed by atoms with Crippen molar-refractivity contribution in [3.05, 3.63) is 124 Å². The van der Waals surface area contributed by atoms with Gasteiger partial charge in [0.15, 0.2) is 5.78 Å². The molecule has 0 aliphatic carbocycles. The largest absolute Gasteiger partial charge is 0.380 e. The van der Waals surface area contributed by atoms with E-state index < -0.39 is 11.9 Å². The number of nitrogens with zero attached hydrogens (tertiary/aromatic N) is 1. The molecular weight excluding hydrogens is 540 g/mol. The molecule has 2 N–H and O–H groups in total. The molecule has 0 bridgehead atoms. The molecule has 1 aromatic heterocycles. The average Bonchev–Trinajstić information content (AvgIpc) is 2.99. The molecule has 0 radical (unpaired) electrons. The van der Waals surface area contributed by atoms with Crippen LogP contribution in [-0.4, -0.2) is 21.7 Å². The second-order valence-corrected chi connectivity index (χ2v) is 10.7. The monoisotopic (exact) mass is 572 g/mol. The molecule has 1 unspecified atom stereocenters. The number of ketones is 2. The minimum absolute atomic E-state index is 0.234. The quantitative estimate of drug-likeness (QED) is 0.0861. The van der Waals surface area contributed by atoms with Crippen molar-refractivity contribution >= 4 is 41.5 Å². The number of benzene rings is 3. The third kappa shape index (κ3) is 7.60. The molecule has 0 saturated carbocycles. The summed E-state index contributed by atoms with van der Waals surface area (Å²) < 4.78 is 0. The molecule has 1 atom stereocenters. The molecule has 0 fully saturated rings. The number of hydrogen-bond acceptors (Lipinski definition) is 6. The van der Waals surface area contributed by atoms with Crippen molar-refractivity contribution in [3.63, 3.8) is 0 Å². The predicted octanol–water partition coefficient (Wildman–Crippen LogP) is 7.91. The van der Waals surface area contributed by atoms with Crippen LogP contribution in [0.2, 0.25) is 5.02 Å². The molecule has 4 aromatic rings. The standard InChI is InChI=1S/C33H33ClN2O3S/c1-2-3-4-6-9-23-18-27(33(40)28(19-23)32(39)30(37)24-10-7-5-8-11-24)31(38)29-17-16-26(21-36-29)35-20-22-12-14-25(34)15-13-22/h5,7-8,10-19,21,30,35,37,40H,2-4,6,9,20H2,1H3. The van der Waals surface area contributed by atoms with E-state index in [1.54, 1.807) is 54.7 Å². The fourth-order valence-electron chi connectivity index (χ4n) is 4.47. The van der Waals surface area contributed by atoms with Gasteiger partial charge in [0.25, 0.3) is 0 Å². The van der Waals surface area contributed by atoms with Crippen molar-refractivity contribution in [2.75, 3.05) is 5.32 Å². The summed E-state index contributed by atoms with van der Waals surface area (Å²) in [5.74, 6) is -0.816. The highest BCUT2D eigenvalue weighted by molar-refractivity contribution is 7.80. The number of thiol groups is 1. The number of rotatable bonds is 13. The van der Waals surface area contributed by atoms with E-state index >= 15 is 0 Å². The van der Waals surface area contributed by atoms with Gasteiger partial charge < -0.3 is 10.4 Å². The van der Waals surface area contributed by atoms with Crippen LogP contribution in [-0.2, 0) is 13.0 Å². The van der Waals surface area contributed by atoms with Gasteiger partial charge in [-0.25, -0.2) is 0 Å². The normalized spacial score (nSPS) is 11.7. The molecule has 0 amide bonds. The third-order valence-corrected chi connectivity index (χ3v) is 7.50. The van der Waals surface area contributed by atoms with Crippen LogP contribution in [0.3, 0.4) is 0 Å². The topological polar surface area (TPSA) is 79.3 Å². The fourth-order valence-corrected chi connectivity index (χ4v) is 4.93. The highest BCUT2D eigenvalue weighted by Gasteiger charge is 2.25. The molecular formula is C33H33ClN2O3S. The van der Waals surface area contributed by atoms with Crippen LogP contribution < -0.4 is 5.32 Å². The number of nitrogens with one attached hydrogen (secondary N) is 1. The van der Waals surface area contributed by atoms with Gasteiger partial charge in [0, 0.05) is 27.6 Å². The van der Waals surface area contributed by atoms with Crippen molar-refractivity contribution in [2.45, 2.75) is 56.6 Å². The van der Waals surface area contributed by atoms with E-state index in [1.807, 2.05) is 30.3 Å². The van der Waals surface area contributed by atoms with E-state index in [-0.39, 0.29) is 21.9 Å². The molecule has 3 aromatic carbocycles. The number of aliphatic hydroxyl groups is 1. The van der Waals surface area contributed by atoms with E-state index in [0.717, 1.165) is 48.9 Å². The average molecular weight is 573 g/mol. The van der Waals surface area contributed by atoms with E-state index in [1.165, 1.54) is 0 Å². The number of aryl methyl sites for hydroxylation is 1. The first-order valence-corrected chi connectivity index (χ1v) is 14.3. The zero-order valence-electron chi connectivity index (χ0n) is 22.4. The molecule has 0 saturated heterocycles. The van der Waals surface area contributed by atoms with Crippen LogP contribution in [0, 0.1) is 0 Å². The zero-order chi connectivity index (χ0) is 28.5. The number of carbonyl (C=O) groups excluding carboxylic acids is 2. The van der Waals surface area contributed by atoms with Gasteiger partial charge in [-0.2, -0.15) is 0 Å². The second kappa shape index (κ2) is 14.3. The second-order valence-electron chi connectivity index (χ2n) is 9.77. The molecule has 206 valence electrons. The third-order valence-electron chi connectivity index (χ3n) is 6.77. The number of halogens is 1. The summed E-state index contributed by atoms with van der Waals surface area (Å²) in [6, 6.07) is 23.3. The summed E-state index contributed by atoms with van der Waals surface area (Å²) in [7, 11) is 0. The van der Waals surface area contributed by atoms with E-state index in [9.17, 15) is 14.7 Å². The first-order valence-electron chi connectivity index (χ1n) is 13.5. The Balaban J connectivity index is 1.58. The summed E-state index contributed by atoms with van der Waals surface area (Å²) in [6.07, 6.45) is 5.21. The van der Waals surface area contributed by atoms with Gasteiger partial charge in [-0.15, -0.1) is 12.6 Å². The van der Waals surface area contributed by atoms with Crippen molar-refractivity contribution in [3.8, 4) is 0 Å². The minimum atomic E-state index is -1.35. The van der Waals surface area contributed by atoms with E-state index in [2.05, 4.69) is 29.9 Å². The van der Waals surface area contributed by atoms with Crippen molar-refractivity contribution < 1.29 is 14.7 Å². The Morgan fingerprint density at radius 2 is 1.65 bits per heavy atom. The van der Waals surface area contributed by atoms with E-state index in [0.29, 0.717) is 22.7 Å². The molecule has 7 heteroatoms. The lowest BCUT2D eigenvalue weighted by Crippen LogP contribution is -2.16. The lowest BCUT2D eigenvalue weighted by Gasteiger charge is -2.16. The van der Waals surface area contributed by atoms with Gasteiger partial charge in [-0.1, -0.05) is 80.3 Å². The molecule has 1 heterocycles. The Morgan fingerprint density at radius 1 is 0.925 bits per heavy atom. The molecule has 4 rings (SSSR count). The smallest absolute Gasteiger partial charge is 0.212 e. The minimum Gasteiger partial charge on any atom is -0.380 e. The maximum Gasteiger partial charge on any atom is 0.212 e. The number of hydrogen-bond donors (Lipinski definition) is 3. The van der Waals surface area contributed by atoms with Gasteiger partial charge in [-0.05, 0) is 65.9 Å². The van der Waals surface area contributed by atoms with Crippen LogP contribution in [0.25, 0.3) is 0 Å². The van der Waals surface area contributed by atoms with Crippen LogP contribution in [0.15, 0.2) is 90.0 Å². The molecule has 40 heavy (non-hydrogen) atoms.